The van der Waals surface area contributed by atoms with Crippen molar-refractivity contribution in [2.45, 2.75) is 6.92 Å². The Hall–Kier alpha value is -3.87. The fourth-order valence-corrected chi connectivity index (χ4v) is 2.81. The van der Waals surface area contributed by atoms with Crippen LogP contribution in [0.2, 0.25) is 0 Å². The molecule has 2 aromatic rings. The number of hydrogen-bond donors (Lipinski definition) is 1. The summed E-state index contributed by atoms with van der Waals surface area (Å²) in [5.74, 6) is -0.198. The maximum atomic E-state index is 12.9. The number of carboxylic acids is 1. The largest absolute Gasteiger partial charge is 0.493 e. The van der Waals surface area contributed by atoms with E-state index in [9.17, 15) is 9.59 Å². The monoisotopic (exact) mass is 392 g/mol. The predicted molar refractivity (Wildman–Crippen MR) is 111 cm³/mol. The number of ether oxygens (including phenoxy) is 2. The van der Waals surface area contributed by atoms with E-state index >= 15 is 0 Å². The van der Waals surface area contributed by atoms with Crippen LogP contribution in [0.3, 0.4) is 0 Å². The summed E-state index contributed by atoms with van der Waals surface area (Å²) in [4.78, 5) is 23.9. The fraction of sp³-hybridized carbons (Fsp3) is 0.136. The zero-order valence-corrected chi connectivity index (χ0v) is 16.1. The van der Waals surface area contributed by atoms with E-state index in [4.69, 9.17) is 14.6 Å². The van der Waals surface area contributed by atoms with Gasteiger partial charge in [0, 0.05) is 0 Å². The Morgan fingerprint density at radius 2 is 1.93 bits per heavy atom. The van der Waals surface area contributed by atoms with Crippen LogP contribution in [0.5, 0.6) is 11.5 Å². The molecule has 1 N–H and O–H groups in total. The number of carbonyl (C=O) groups excluding carboxylic acids is 1. The summed E-state index contributed by atoms with van der Waals surface area (Å²) in [6.07, 6.45) is 3.37. The first-order valence-electron chi connectivity index (χ1n) is 8.81. The Labute approximate surface area is 168 Å². The van der Waals surface area contributed by atoms with E-state index in [0.717, 1.165) is 5.56 Å². The van der Waals surface area contributed by atoms with Crippen LogP contribution in [0.25, 0.3) is 6.08 Å². The highest BCUT2D eigenvalue weighted by Gasteiger charge is 2.28. The van der Waals surface area contributed by atoms with Gasteiger partial charge < -0.3 is 14.6 Å². The third kappa shape index (κ3) is 4.19. The van der Waals surface area contributed by atoms with Crippen molar-refractivity contribution in [2.24, 2.45) is 5.10 Å². The standard InChI is InChI=1S/C22H20N2O5/c1-4-11-29-19-10-5-15(13-20(19)28-3)12-18-14(2)23-24(21(18)25)17-8-6-16(7-9-17)22(26)27/h4-10,12-13H,1,11H2,2-3H3,(H,26,27). The number of carbonyl (C=O) groups is 2. The number of hydrazone groups is 1. The van der Waals surface area contributed by atoms with Crippen molar-refractivity contribution in [3.05, 3.63) is 71.8 Å². The number of carboxylic acid groups (broad SMARTS) is 1. The number of nitrogens with zero attached hydrogens (tertiary/aromatic N) is 2. The number of rotatable bonds is 7. The first kappa shape index (κ1) is 19.9. The molecule has 0 unspecified atom stereocenters. The average molecular weight is 392 g/mol. The van der Waals surface area contributed by atoms with Crippen LogP contribution in [-0.4, -0.2) is 36.4 Å². The Bertz CT molecular complexity index is 1020. The van der Waals surface area contributed by atoms with Crippen molar-refractivity contribution in [1.29, 1.82) is 0 Å². The van der Waals surface area contributed by atoms with Crippen LogP contribution < -0.4 is 14.5 Å². The quantitative estimate of drug-likeness (QED) is 0.572. The molecule has 1 heterocycles. The molecule has 0 saturated carbocycles. The Morgan fingerprint density at radius 1 is 1.21 bits per heavy atom. The third-order valence-corrected chi connectivity index (χ3v) is 4.28. The van der Waals surface area contributed by atoms with Crippen LogP contribution in [0.1, 0.15) is 22.8 Å². The summed E-state index contributed by atoms with van der Waals surface area (Å²) in [7, 11) is 1.54. The molecule has 0 aromatic heterocycles. The van der Waals surface area contributed by atoms with Crippen molar-refractivity contribution in [2.75, 3.05) is 18.7 Å². The molecule has 0 aliphatic carbocycles. The van der Waals surface area contributed by atoms with Crippen LogP contribution in [0, 0.1) is 0 Å². The lowest BCUT2D eigenvalue weighted by Crippen LogP contribution is -2.21. The molecule has 0 spiro atoms. The smallest absolute Gasteiger partial charge is 0.335 e. The minimum Gasteiger partial charge on any atom is -0.493 e. The number of amides is 1. The molecule has 0 atom stereocenters. The van der Waals surface area contributed by atoms with Gasteiger partial charge >= 0.3 is 5.97 Å². The second-order valence-electron chi connectivity index (χ2n) is 6.22. The van der Waals surface area contributed by atoms with E-state index in [-0.39, 0.29) is 11.5 Å². The lowest BCUT2D eigenvalue weighted by atomic mass is 10.1. The highest BCUT2D eigenvalue weighted by Crippen LogP contribution is 2.30. The van der Waals surface area contributed by atoms with Gasteiger partial charge in [0.25, 0.3) is 5.91 Å². The first-order valence-corrected chi connectivity index (χ1v) is 8.81. The van der Waals surface area contributed by atoms with Crippen molar-refractivity contribution in [3.8, 4) is 11.5 Å². The van der Waals surface area contributed by atoms with Crippen molar-refractivity contribution >= 4 is 29.4 Å². The van der Waals surface area contributed by atoms with E-state index in [1.54, 1.807) is 50.5 Å². The highest BCUT2D eigenvalue weighted by atomic mass is 16.5. The van der Waals surface area contributed by atoms with Gasteiger partial charge in [0.1, 0.15) is 6.61 Å². The van der Waals surface area contributed by atoms with E-state index in [2.05, 4.69) is 11.7 Å². The summed E-state index contributed by atoms with van der Waals surface area (Å²) in [5.41, 5.74) is 2.39. The van der Waals surface area contributed by atoms with Gasteiger partial charge in [0.2, 0.25) is 0 Å². The van der Waals surface area contributed by atoms with Crippen LogP contribution in [0.15, 0.2) is 65.8 Å². The number of methoxy groups -OCH3 is 1. The molecular weight excluding hydrogens is 372 g/mol. The normalized spacial score (nSPS) is 14.7. The number of anilines is 1. The number of benzene rings is 2. The summed E-state index contributed by atoms with van der Waals surface area (Å²) in [6, 6.07) is 11.3. The maximum absolute atomic E-state index is 12.9. The predicted octanol–water partition coefficient (Wildman–Crippen LogP) is 3.76. The van der Waals surface area contributed by atoms with Crippen molar-refractivity contribution in [1.82, 2.24) is 0 Å². The summed E-state index contributed by atoms with van der Waals surface area (Å²) in [5, 5.41) is 14.6. The zero-order chi connectivity index (χ0) is 21.0. The SMILES string of the molecule is C=CCOc1ccc(C=C2C(=O)N(c3ccc(C(=O)O)cc3)N=C2C)cc1OC. The van der Waals surface area contributed by atoms with Crippen LogP contribution in [-0.2, 0) is 4.79 Å². The molecule has 1 aliphatic rings. The molecule has 1 amide bonds. The Balaban J connectivity index is 1.87. The fourth-order valence-electron chi connectivity index (χ4n) is 2.81. The van der Waals surface area contributed by atoms with E-state index in [1.807, 2.05) is 6.07 Å². The van der Waals surface area contributed by atoms with Gasteiger partial charge in [-0.25, -0.2) is 4.79 Å². The van der Waals surface area contributed by atoms with E-state index < -0.39 is 5.97 Å². The maximum Gasteiger partial charge on any atom is 0.335 e. The highest BCUT2D eigenvalue weighted by molar-refractivity contribution is 6.32. The molecule has 0 fully saturated rings. The molecule has 7 nitrogen and oxygen atoms in total. The minimum absolute atomic E-state index is 0.141. The molecule has 0 saturated heterocycles. The molecule has 7 heteroatoms. The second kappa shape index (κ2) is 8.43. The summed E-state index contributed by atoms with van der Waals surface area (Å²) < 4.78 is 10.9. The van der Waals surface area contributed by atoms with Crippen molar-refractivity contribution < 1.29 is 24.2 Å². The first-order chi connectivity index (χ1) is 13.9. The molecule has 148 valence electrons. The van der Waals surface area contributed by atoms with Crippen LogP contribution >= 0.6 is 0 Å². The van der Waals surface area contributed by atoms with Gasteiger partial charge in [-0.05, 0) is 55.0 Å². The number of aromatic carboxylic acids is 1. The lowest BCUT2D eigenvalue weighted by molar-refractivity contribution is -0.114. The number of hydrogen-bond acceptors (Lipinski definition) is 5. The summed E-state index contributed by atoms with van der Waals surface area (Å²) >= 11 is 0. The Morgan fingerprint density at radius 3 is 2.55 bits per heavy atom. The Kier molecular flexibility index (Phi) is 5.78. The average Bonchev–Trinajstić information content (AvgIpc) is 3.01. The molecule has 3 rings (SSSR count). The summed E-state index contributed by atoms with van der Waals surface area (Å²) in [6.45, 7) is 5.72. The van der Waals surface area contributed by atoms with Gasteiger partial charge in [-0.1, -0.05) is 18.7 Å². The van der Waals surface area contributed by atoms with Gasteiger partial charge in [0.05, 0.1) is 29.6 Å². The van der Waals surface area contributed by atoms with Gasteiger partial charge in [-0.3, -0.25) is 4.79 Å². The zero-order valence-electron chi connectivity index (χ0n) is 16.1. The third-order valence-electron chi connectivity index (χ3n) is 4.28. The topological polar surface area (TPSA) is 88.4 Å². The molecular formula is C22H20N2O5. The van der Waals surface area contributed by atoms with Gasteiger partial charge in [-0.15, -0.1) is 0 Å². The minimum atomic E-state index is -1.03. The second-order valence-corrected chi connectivity index (χ2v) is 6.22. The molecule has 0 radical (unpaired) electrons. The van der Waals surface area contributed by atoms with Crippen LogP contribution in [0.4, 0.5) is 5.69 Å². The van der Waals surface area contributed by atoms with E-state index in [1.165, 1.54) is 17.1 Å². The van der Waals surface area contributed by atoms with Gasteiger partial charge in [0.15, 0.2) is 11.5 Å². The van der Waals surface area contributed by atoms with E-state index in [0.29, 0.717) is 35.1 Å². The molecule has 1 aliphatic heterocycles. The molecule has 29 heavy (non-hydrogen) atoms. The molecule has 2 aromatic carbocycles. The van der Waals surface area contributed by atoms with Gasteiger partial charge in [-0.2, -0.15) is 10.1 Å². The molecule has 0 bridgehead atoms. The lowest BCUT2D eigenvalue weighted by Gasteiger charge is -2.12. The van der Waals surface area contributed by atoms with Crippen molar-refractivity contribution in [3.63, 3.8) is 0 Å².